The molecule has 1 aromatic heterocycles. The highest BCUT2D eigenvalue weighted by molar-refractivity contribution is 6.23. The number of nitrogens with zero attached hydrogens (tertiary/aromatic N) is 6. The minimum atomic E-state index is -4.89. The summed E-state index contributed by atoms with van der Waals surface area (Å²) in [6, 6.07) is 11.4. The predicted octanol–water partition coefficient (Wildman–Crippen LogP) is 5.27. The number of nitrogens with one attached hydrogen (secondary N) is 2. The highest BCUT2D eigenvalue weighted by Gasteiger charge is 2.47. The Kier molecular flexibility index (Phi) is 9.67. The van der Waals surface area contributed by atoms with E-state index in [9.17, 15) is 37.1 Å². The van der Waals surface area contributed by atoms with E-state index in [-0.39, 0.29) is 71.2 Å². The number of benzene rings is 3. The third kappa shape index (κ3) is 7.15. The number of ether oxygens (including phenoxy) is 2. The number of anilines is 3. The Bertz CT molecular complexity index is 2540. The smallest absolute Gasteiger partial charge is 0.423 e. The number of carbonyl (C=O) groups excluding carboxylic acids is 5. The van der Waals surface area contributed by atoms with Crippen molar-refractivity contribution in [1.29, 1.82) is 0 Å². The van der Waals surface area contributed by atoms with Crippen LogP contribution >= 0.6 is 0 Å². The first-order valence-electron chi connectivity index (χ1n) is 19.6. The second-order valence-corrected chi connectivity index (χ2v) is 16.0. The molecule has 0 bridgehead atoms. The molecule has 1 atom stereocenters. The molecule has 1 unspecified atom stereocenters. The second kappa shape index (κ2) is 14.8. The number of alkyl halides is 3. The number of imide groups is 2. The normalized spacial score (nSPS) is 19.9. The fraction of sp³-hybridized carbons (Fsp3) is 0.357. The highest BCUT2D eigenvalue weighted by Crippen LogP contribution is 2.44. The Hall–Kier alpha value is -6.63. The van der Waals surface area contributed by atoms with E-state index in [0.29, 0.717) is 30.4 Å². The third-order valence-electron chi connectivity index (χ3n) is 12.1. The van der Waals surface area contributed by atoms with Gasteiger partial charge in [0, 0.05) is 76.3 Å². The van der Waals surface area contributed by atoms with Crippen LogP contribution < -0.4 is 25.0 Å². The summed E-state index contributed by atoms with van der Waals surface area (Å²) in [4.78, 5) is 77.8. The molecule has 61 heavy (non-hydrogen) atoms. The Morgan fingerprint density at radius 3 is 2.43 bits per heavy atom. The number of amides is 5. The topological polar surface area (TPSA) is 167 Å². The van der Waals surface area contributed by atoms with Gasteiger partial charge in [-0.1, -0.05) is 12.1 Å². The molecule has 2 N–H and O–H groups in total. The zero-order valence-electron chi connectivity index (χ0n) is 32.9. The van der Waals surface area contributed by atoms with Gasteiger partial charge in [0.2, 0.25) is 23.6 Å². The molecule has 9 rings (SSSR count). The largest absolute Gasteiger partial charge is 0.495 e. The molecule has 5 aliphatic rings. The molecule has 0 aliphatic carbocycles. The van der Waals surface area contributed by atoms with Crippen LogP contribution in [0.2, 0.25) is 0 Å². The maximum atomic E-state index is 15.7. The number of hydrogen-bond acceptors (Lipinski definition) is 12. The molecule has 316 valence electrons. The first-order chi connectivity index (χ1) is 29.1. The summed E-state index contributed by atoms with van der Waals surface area (Å²) in [5.41, 5.74) is 1.13. The number of carbonyl (C=O) groups is 5. The minimum absolute atomic E-state index is 0.00633. The van der Waals surface area contributed by atoms with E-state index < -0.39 is 59.0 Å². The van der Waals surface area contributed by atoms with Gasteiger partial charge in [0.1, 0.15) is 28.9 Å². The summed E-state index contributed by atoms with van der Waals surface area (Å²) >= 11 is 0. The lowest BCUT2D eigenvalue weighted by Gasteiger charge is -2.54. The van der Waals surface area contributed by atoms with E-state index in [0.717, 1.165) is 36.5 Å². The van der Waals surface area contributed by atoms with Crippen LogP contribution in [0.4, 0.5) is 34.9 Å². The van der Waals surface area contributed by atoms with Gasteiger partial charge in [-0.15, -0.1) is 0 Å². The molecular formula is C42H38F4N8O7. The number of hydrogen-bond donors (Lipinski definition) is 2. The average Bonchev–Trinajstić information content (AvgIpc) is 3.64. The van der Waals surface area contributed by atoms with Crippen LogP contribution in [-0.2, 0) is 28.9 Å². The van der Waals surface area contributed by atoms with Gasteiger partial charge in [-0.2, -0.15) is 18.2 Å². The molecule has 5 amide bonds. The van der Waals surface area contributed by atoms with Crippen molar-refractivity contribution >= 4 is 46.9 Å². The summed E-state index contributed by atoms with van der Waals surface area (Å²) in [7, 11) is 2.95. The molecule has 1 spiro atoms. The summed E-state index contributed by atoms with van der Waals surface area (Å²) in [5, 5.41) is 4.96. The van der Waals surface area contributed by atoms with E-state index in [2.05, 4.69) is 30.4 Å². The van der Waals surface area contributed by atoms with Gasteiger partial charge in [-0.25, -0.2) is 9.37 Å². The standard InChI is InChI=1S/C42H38F4N8O7/c1-51-18-22-4-3-5-31(34(22)39(51)59)61-36-27(42(44,45)46)17-47-40(50-36)48-29-16-28(43)23(14-32(29)60-2)19-52-20-41(21-52)10-12-53(13-11-41)24-6-7-25-26(15-24)38(58)54(37(25)57)30-8-9-33(55)49-35(30)56/h3-7,14-17,30H,8-13,18-21H2,1-2H3,(H,47,48,50)(H,49,55,56). The van der Waals surface area contributed by atoms with Gasteiger partial charge in [0.25, 0.3) is 17.7 Å². The van der Waals surface area contributed by atoms with E-state index in [1.165, 1.54) is 30.2 Å². The number of aromatic nitrogens is 2. The van der Waals surface area contributed by atoms with Crippen molar-refractivity contribution in [3.05, 3.63) is 93.9 Å². The summed E-state index contributed by atoms with van der Waals surface area (Å²) in [6.07, 6.45) is -2.54. The molecule has 3 saturated heterocycles. The second-order valence-electron chi connectivity index (χ2n) is 16.0. The molecule has 3 fully saturated rings. The van der Waals surface area contributed by atoms with Crippen LogP contribution in [0.15, 0.2) is 54.7 Å². The SMILES string of the molecule is COc1cc(CN2CC3(CCN(c4ccc5c(c4)C(=O)N(C4CCC(=O)NC4=O)C5=O)CC3)C2)c(F)cc1Nc1ncc(C(F)(F)F)c(Oc2cccc3c2C(=O)N(C)C3)n1. The van der Waals surface area contributed by atoms with Gasteiger partial charge in [-0.3, -0.25) is 39.1 Å². The molecule has 19 heteroatoms. The van der Waals surface area contributed by atoms with Gasteiger partial charge < -0.3 is 24.6 Å². The van der Waals surface area contributed by atoms with Crippen molar-refractivity contribution in [3.8, 4) is 17.4 Å². The lowest BCUT2D eigenvalue weighted by atomic mass is 9.71. The maximum Gasteiger partial charge on any atom is 0.423 e. The Morgan fingerprint density at radius 1 is 0.951 bits per heavy atom. The van der Waals surface area contributed by atoms with Crippen molar-refractivity contribution in [2.75, 3.05) is 50.6 Å². The minimum Gasteiger partial charge on any atom is -0.495 e. The van der Waals surface area contributed by atoms with Crippen molar-refractivity contribution in [3.63, 3.8) is 0 Å². The van der Waals surface area contributed by atoms with Crippen LogP contribution in [0.3, 0.4) is 0 Å². The highest BCUT2D eigenvalue weighted by atomic mass is 19.4. The monoisotopic (exact) mass is 842 g/mol. The first-order valence-corrected chi connectivity index (χ1v) is 19.6. The lowest BCUT2D eigenvalue weighted by molar-refractivity contribution is -0.139. The zero-order chi connectivity index (χ0) is 43.0. The van der Waals surface area contributed by atoms with Crippen LogP contribution in [0.25, 0.3) is 0 Å². The molecule has 6 heterocycles. The number of likely N-dealkylation sites (tertiary alicyclic amines) is 1. The van der Waals surface area contributed by atoms with Gasteiger partial charge >= 0.3 is 6.18 Å². The van der Waals surface area contributed by atoms with E-state index in [4.69, 9.17) is 9.47 Å². The van der Waals surface area contributed by atoms with Crippen molar-refractivity contribution < 1.29 is 51.0 Å². The Labute approximate surface area is 345 Å². The molecule has 3 aromatic carbocycles. The van der Waals surface area contributed by atoms with E-state index in [1.807, 2.05) is 0 Å². The van der Waals surface area contributed by atoms with Crippen LogP contribution in [0, 0.1) is 11.2 Å². The number of methoxy groups -OCH3 is 1. The van der Waals surface area contributed by atoms with Gasteiger partial charge in [-0.05, 0) is 60.6 Å². The molecule has 4 aromatic rings. The molecule has 5 aliphatic heterocycles. The van der Waals surface area contributed by atoms with Crippen molar-refractivity contribution in [2.45, 2.75) is 51.0 Å². The number of rotatable bonds is 9. The zero-order valence-corrected chi connectivity index (χ0v) is 32.9. The fourth-order valence-electron chi connectivity index (χ4n) is 8.93. The van der Waals surface area contributed by atoms with Crippen molar-refractivity contribution in [1.82, 2.24) is 30.0 Å². The van der Waals surface area contributed by atoms with E-state index in [1.54, 1.807) is 37.4 Å². The molecule has 0 saturated carbocycles. The van der Waals surface area contributed by atoms with E-state index >= 15 is 4.39 Å². The Morgan fingerprint density at radius 2 is 1.70 bits per heavy atom. The fourth-order valence-corrected chi connectivity index (χ4v) is 8.93. The van der Waals surface area contributed by atoms with Gasteiger partial charge in [0.15, 0.2) is 0 Å². The first kappa shape index (κ1) is 39.8. The Balaban J connectivity index is 0.837. The van der Waals surface area contributed by atoms with Crippen LogP contribution in [0.5, 0.6) is 17.4 Å². The number of piperidine rings is 2. The van der Waals surface area contributed by atoms with Crippen LogP contribution in [-0.4, -0.2) is 101 Å². The summed E-state index contributed by atoms with van der Waals surface area (Å²) in [6.45, 7) is 3.37. The van der Waals surface area contributed by atoms with Gasteiger partial charge in [0.05, 0.1) is 29.5 Å². The van der Waals surface area contributed by atoms with Crippen molar-refractivity contribution in [2.24, 2.45) is 5.41 Å². The number of halogens is 4. The molecule has 0 radical (unpaired) electrons. The quantitative estimate of drug-likeness (QED) is 0.166. The average molecular weight is 843 g/mol. The molecule has 15 nitrogen and oxygen atoms in total. The predicted molar refractivity (Wildman–Crippen MR) is 208 cm³/mol. The summed E-state index contributed by atoms with van der Waals surface area (Å²) < 4.78 is 69.0. The number of fused-ring (bicyclic) bond motifs is 2. The van der Waals surface area contributed by atoms with Crippen LogP contribution in [0.1, 0.15) is 73.4 Å². The molecular weight excluding hydrogens is 805 g/mol. The summed E-state index contributed by atoms with van der Waals surface area (Å²) in [5.74, 6) is -4.24. The lowest BCUT2D eigenvalue weighted by Crippen LogP contribution is -2.59. The maximum absolute atomic E-state index is 15.7. The third-order valence-corrected chi connectivity index (χ3v) is 12.1.